The van der Waals surface area contributed by atoms with E-state index in [1.54, 1.807) is 0 Å². The van der Waals surface area contributed by atoms with Crippen molar-refractivity contribution < 1.29 is 9.53 Å². The fourth-order valence-electron chi connectivity index (χ4n) is 3.32. The monoisotopic (exact) mass is 387 g/mol. The van der Waals surface area contributed by atoms with Crippen LogP contribution in [0.15, 0.2) is 29.6 Å². The second kappa shape index (κ2) is 9.85. The fraction of sp³-hybridized carbons (Fsp3) is 0.524. The van der Waals surface area contributed by atoms with Gasteiger partial charge in [-0.15, -0.1) is 11.3 Å². The van der Waals surface area contributed by atoms with Crippen LogP contribution in [0.3, 0.4) is 0 Å². The van der Waals surface area contributed by atoms with Gasteiger partial charge in [0.25, 0.3) is 5.91 Å². The van der Waals surface area contributed by atoms with Gasteiger partial charge in [-0.2, -0.15) is 0 Å². The Morgan fingerprint density at radius 3 is 2.85 bits per heavy atom. The Balaban J connectivity index is 1.50. The lowest BCUT2D eigenvalue weighted by atomic mass is 9.98. The van der Waals surface area contributed by atoms with E-state index in [1.807, 2.05) is 23.6 Å². The largest absolute Gasteiger partial charge is 0.483 e. The minimum Gasteiger partial charge on any atom is -0.483 e. The van der Waals surface area contributed by atoms with Crippen molar-refractivity contribution in [2.24, 2.45) is 0 Å². The zero-order valence-electron chi connectivity index (χ0n) is 16.2. The molecule has 0 radical (unpaired) electrons. The highest BCUT2D eigenvalue weighted by Gasteiger charge is 2.14. The third-order valence-corrected chi connectivity index (χ3v) is 5.86. The number of ether oxygens (including phenoxy) is 1. The van der Waals surface area contributed by atoms with E-state index in [1.165, 1.54) is 30.6 Å². The number of benzene rings is 1. The number of thiazole rings is 1. The number of para-hydroxylation sites is 1. The molecule has 1 aliphatic rings. The van der Waals surface area contributed by atoms with Crippen LogP contribution in [0.1, 0.15) is 56.7 Å². The summed E-state index contributed by atoms with van der Waals surface area (Å²) in [7, 11) is 0. The van der Waals surface area contributed by atoms with E-state index in [0.29, 0.717) is 11.0 Å². The summed E-state index contributed by atoms with van der Waals surface area (Å²) >= 11 is 1.47. The number of hydrogen-bond donors (Lipinski definition) is 1. The van der Waals surface area contributed by atoms with Gasteiger partial charge < -0.3 is 4.74 Å². The van der Waals surface area contributed by atoms with E-state index in [0.717, 1.165) is 43.1 Å². The molecule has 1 aromatic heterocycles. The molecule has 0 saturated carbocycles. The molecule has 0 spiro atoms. The van der Waals surface area contributed by atoms with E-state index < -0.39 is 0 Å². The number of hydrogen-bond acceptors (Lipinski definition) is 5. The molecule has 0 bridgehead atoms. The van der Waals surface area contributed by atoms with Gasteiger partial charge in [-0.25, -0.2) is 4.98 Å². The molecule has 1 amide bonds. The van der Waals surface area contributed by atoms with Crippen LogP contribution >= 0.6 is 11.3 Å². The summed E-state index contributed by atoms with van der Waals surface area (Å²) in [6.07, 6.45) is 4.90. The highest BCUT2D eigenvalue weighted by Crippen LogP contribution is 2.28. The predicted octanol–water partition coefficient (Wildman–Crippen LogP) is 4.66. The number of rotatable bonds is 8. The first-order valence-corrected chi connectivity index (χ1v) is 10.7. The third kappa shape index (κ3) is 5.78. The summed E-state index contributed by atoms with van der Waals surface area (Å²) in [5, 5.41) is 5.53. The number of carbonyl (C=O) groups is 1. The SMILES string of the molecule is CCC(C)c1ccccc1OCC(=O)Nc1nc(CN2CCCCC2)cs1. The Bertz CT molecular complexity index is 741. The highest BCUT2D eigenvalue weighted by molar-refractivity contribution is 7.13. The van der Waals surface area contributed by atoms with E-state index in [-0.39, 0.29) is 12.5 Å². The van der Waals surface area contributed by atoms with Crippen LogP contribution in [0.4, 0.5) is 5.13 Å². The molecule has 146 valence electrons. The van der Waals surface area contributed by atoms with Crippen molar-refractivity contribution in [3.8, 4) is 5.75 Å². The van der Waals surface area contributed by atoms with Crippen LogP contribution < -0.4 is 10.1 Å². The Morgan fingerprint density at radius 1 is 1.30 bits per heavy atom. The molecule has 2 heterocycles. The molecule has 27 heavy (non-hydrogen) atoms. The molecular weight excluding hydrogens is 358 g/mol. The van der Waals surface area contributed by atoms with Crippen molar-refractivity contribution in [1.82, 2.24) is 9.88 Å². The van der Waals surface area contributed by atoms with Gasteiger partial charge >= 0.3 is 0 Å². The van der Waals surface area contributed by atoms with Gasteiger partial charge in [0.1, 0.15) is 5.75 Å². The summed E-state index contributed by atoms with van der Waals surface area (Å²) in [4.78, 5) is 19.2. The lowest BCUT2D eigenvalue weighted by Crippen LogP contribution is -2.29. The molecule has 5 nitrogen and oxygen atoms in total. The van der Waals surface area contributed by atoms with Gasteiger partial charge in [0.2, 0.25) is 0 Å². The lowest BCUT2D eigenvalue weighted by Gasteiger charge is -2.25. The summed E-state index contributed by atoms with van der Waals surface area (Å²) in [5.41, 5.74) is 2.17. The minimum absolute atomic E-state index is 0.00547. The first kappa shape index (κ1) is 19.8. The molecular formula is C21H29N3O2S. The maximum Gasteiger partial charge on any atom is 0.264 e. The van der Waals surface area contributed by atoms with Crippen molar-refractivity contribution in [2.45, 2.75) is 52.0 Å². The number of nitrogens with zero attached hydrogens (tertiary/aromatic N) is 2. The van der Waals surface area contributed by atoms with E-state index in [4.69, 9.17) is 4.74 Å². The topological polar surface area (TPSA) is 54.5 Å². The van der Waals surface area contributed by atoms with Gasteiger partial charge in [-0.1, -0.05) is 38.5 Å². The van der Waals surface area contributed by atoms with Gasteiger partial charge in [0, 0.05) is 11.9 Å². The third-order valence-electron chi connectivity index (χ3n) is 5.05. The second-order valence-corrected chi connectivity index (χ2v) is 8.02. The van der Waals surface area contributed by atoms with Crippen LogP contribution in [-0.4, -0.2) is 35.5 Å². The molecule has 1 aliphatic heterocycles. The van der Waals surface area contributed by atoms with Gasteiger partial charge in [-0.3, -0.25) is 15.0 Å². The molecule has 1 N–H and O–H groups in total. The molecule has 6 heteroatoms. The Hall–Kier alpha value is -1.92. The predicted molar refractivity (Wildman–Crippen MR) is 111 cm³/mol. The molecule has 1 aromatic carbocycles. The van der Waals surface area contributed by atoms with Crippen molar-refractivity contribution in [3.63, 3.8) is 0 Å². The molecule has 1 fully saturated rings. The number of nitrogens with one attached hydrogen (secondary N) is 1. The van der Waals surface area contributed by atoms with E-state index in [2.05, 4.69) is 35.1 Å². The quantitative estimate of drug-likeness (QED) is 0.716. The maximum absolute atomic E-state index is 12.3. The normalized spacial score (nSPS) is 16.1. The average molecular weight is 388 g/mol. The van der Waals surface area contributed by atoms with Crippen LogP contribution in [0, 0.1) is 0 Å². The van der Waals surface area contributed by atoms with Gasteiger partial charge in [0.15, 0.2) is 11.7 Å². The van der Waals surface area contributed by atoms with E-state index >= 15 is 0 Å². The number of amides is 1. The number of likely N-dealkylation sites (tertiary alicyclic amines) is 1. The van der Waals surface area contributed by atoms with Gasteiger partial charge in [-0.05, 0) is 49.9 Å². The summed E-state index contributed by atoms with van der Waals surface area (Å²) in [6, 6.07) is 7.94. The molecule has 1 saturated heterocycles. The van der Waals surface area contributed by atoms with Crippen molar-refractivity contribution in [1.29, 1.82) is 0 Å². The summed E-state index contributed by atoms with van der Waals surface area (Å²) in [6.45, 7) is 7.46. The second-order valence-electron chi connectivity index (χ2n) is 7.16. The van der Waals surface area contributed by atoms with Crippen LogP contribution in [-0.2, 0) is 11.3 Å². The summed E-state index contributed by atoms with van der Waals surface area (Å²) in [5.74, 6) is 1.01. The van der Waals surface area contributed by atoms with Crippen LogP contribution in [0.25, 0.3) is 0 Å². The van der Waals surface area contributed by atoms with Crippen molar-refractivity contribution in [3.05, 3.63) is 40.9 Å². The zero-order valence-corrected chi connectivity index (χ0v) is 17.1. The van der Waals surface area contributed by atoms with Crippen molar-refractivity contribution in [2.75, 3.05) is 25.0 Å². The summed E-state index contributed by atoms with van der Waals surface area (Å²) < 4.78 is 5.78. The van der Waals surface area contributed by atoms with Crippen LogP contribution in [0.2, 0.25) is 0 Å². The highest BCUT2D eigenvalue weighted by atomic mass is 32.1. The maximum atomic E-state index is 12.3. The number of anilines is 1. The Kier molecular flexibility index (Phi) is 7.24. The Labute approximate surface area is 165 Å². The number of piperidine rings is 1. The number of aromatic nitrogens is 1. The van der Waals surface area contributed by atoms with Crippen molar-refractivity contribution >= 4 is 22.4 Å². The molecule has 0 aliphatic carbocycles. The molecule has 1 atom stereocenters. The number of carbonyl (C=O) groups excluding carboxylic acids is 1. The van der Waals surface area contributed by atoms with Gasteiger partial charge in [0.05, 0.1) is 5.69 Å². The fourth-order valence-corrected chi connectivity index (χ4v) is 4.04. The first-order valence-electron chi connectivity index (χ1n) is 9.84. The Morgan fingerprint density at radius 2 is 2.07 bits per heavy atom. The van der Waals surface area contributed by atoms with Crippen LogP contribution in [0.5, 0.6) is 5.75 Å². The van der Waals surface area contributed by atoms with E-state index in [9.17, 15) is 4.79 Å². The molecule has 1 unspecified atom stereocenters. The first-order chi connectivity index (χ1) is 13.2. The smallest absolute Gasteiger partial charge is 0.264 e. The minimum atomic E-state index is -0.173. The molecule has 2 aromatic rings. The lowest BCUT2D eigenvalue weighted by molar-refractivity contribution is -0.118. The zero-order chi connectivity index (χ0) is 19.1. The average Bonchev–Trinajstić information content (AvgIpc) is 3.13. The molecule has 3 rings (SSSR count). The standard InChI is InChI=1S/C21H29N3O2S/c1-3-16(2)18-9-5-6-10-19(18)26-14-20(25)23-21-22-17(15-27-21)13-24-11-7-4-8-12-24/h5-6,9-10,15-16H,3-4,7-8,11-14H2,1-2H3,(H,22,23,25).